The number of ether oxygens (including phenoxy) is 1. The highest BCUT2D eigenvalue weighted by molar-refractivity contribution is 9.10. The highest BCUT2D eigenvalue weighted by atomic mass is 79.9. The van der Waals surface area contributed by atoms with Gasteiger partial charge in [0.25, 0.3) is 0 Å². The summed E-state index contributed by atoms with van der Waals surface area (Å²) >= 11 is 3.59. The lowest BCUT2D eigenvalue weighted by molar-refractivity contribution is -0.143. The maximum Gasteiger partial charge on any atom is 0.307 e. The van der Waals surface area contributed by atoms with E-state index in [4.69, 9.17) is 4.74 Å². The Morgan fingerprint density at radius 1 is 1.33 bits per heavy atom. The highest BCUT2D eigenvalue weighted by Gasteiger charge is 2.32. The van der Waals surface area contributed by atoms with Crippen molar-refractivity contribution in [2.24, 2.45) is 5.92 Å². The fraction of sp³-hybridized carbons (Fsp3) is 0.409. The molecule has 5 heteroatoms. The van der Waals surface area contributed by atoms with Crippen LogP contribution in [0.1, 0.15) is 42.5 Å². The first kappa shape index (κ1) is 19.9. The van der Waals surface area contributed by atoms with E-state index in [0.717, 1.165) is 35.2 Å². The first-order valence-electron chi connectivity index (χ1n) is 9.45. The topological polar surface area (TPSA) is 49.8 Å². The van der Waals surface area contributed by atoms with E-state index in [1.165, 1.54) is 11.1 Å². The van der Waals surface area contributed by atoms with E-state index in [9.17, 15) is 9.90 Å². The Morgan fingerprint density at radius 2 is 2.15 bits per heavy atom. The second kappa shape index (κ2) is 8.89. The van der Waals surface area contributed by atoms with Crippen LogP contribution < -0.4 is 4.74 Å². The monoisotopic (exact) mass is 431 g/mol. The van der Waals surface area contributed by atoms with Crippen LogP contribution in [0.4, 0.5) is 0 Å². The second-order valence-corrected chi connectivity index (χ2v) is 8.02. The summed E-state index contributed by atoms with van der Waals surface area (Å²) in [5, 5.41) is 9.55. The lowest BCUT2D eigenvalue weighted by atomic mass is 9.90. The lowest BCUT2D eigenvalue weighted by Crippen LogP contribution is -2.41. The van der Waals surface area contributed by atoms with Crippen LogP contribution in [0.3, 0.4) is 0 Å². The molecule has 0 saturated carbocycles. The van der Waals surface area contributed by atoms with E-state index in [2.05, 4.69) is 58.1 Å². The average molecular weight is 432 g/mol. The number of hydrogen-bond donors (Lipinski definition) is 1. The molecule has 0 bridgehead atoms. The smallest absolute Gasteiger partial charge is 0.307 e. The van der Waals surface area contributed by atoms with Crippen LogP contribution in [0.25, 0.3) is 0 Å². The summed E-state index contributed by atoms with van der Waals surface area (Å²) in [7, 11) is 0. The van der Waals surface area contributed by atoms with Gasteiger partial charge in [0.1, 0.15) is 5.75 Å². The number of piperidine rings is 1. The van der Waals surface area contributed by atoms with E-state index in [1.807, 2.05) is 19.1 Å². The van der Waals surface area contributed by atoms with Crippen molar-refractivity contribution in [2.75, 3.05) is 19.7 Å². The molecule has 2 unspecified atom stereocenters. The van der Waals surface area contributed by atoms with Gasteiger partial charge in [0.05, 0.1) is 18.6 Å². The van der Waals surface area contributed by atoms with Gasteiger partial charge in [-0.25, -0.2) is 0 Å². The van der Waals surface area contributed by atoms with Crippen molar-refractivity contribution in [1.82, 2.24) is 4.90 Å². The molecule has 0 amide bonds. The number of aryl methyl sites for hydroxylation is 1. The van der Waals surface area contributed by atoms with Gasteiger partial charge in [0.15, 0.2) is 0 Å². The van der Waals surface area contributed by atoms with Crippen LogP contribution >= 0.6 is 15.9 Å². The molecule has 1 N–H and O–H groups in total. The number of aliphatic carboxylic acids is 1. The molecule has 2 aromatic carbocycles. The SMILES string of the molecule is CCOc1ccc(Br)cc1C(c1cccc(C)c1)N1CCCC(C(=O)O)C1. The molecule has 1 aliphatic heterocycles. The molecule has 3 rings (SSSR count). The van der Waals surface area contributed by atoms with Gasteiger partial charge in [-0.15, -0.1) is 0 Å². The molecule has 2 aromatic rings. The molecular formula is C22H26BrNO3. The van der Waals surface area contributed by atoms with Crippen LogP contribution in [0.15, 0.2) is 46.9 Å². The Bertz CT molecular complexity index is 808. The molecule has 0 aromatic heterocycles. The maximum absolute atomic E-state index is 11.6. The summed E-state index contributed by atoms with van der Waals surface area (Å²) in [5.41, 5.74) is 3.43. The molecule has 144 valence electrons. The zero-order valence-corrected chi connectivity index (χ0v) is 17.4. The Kier molecular flexibility index (Phi) is 6.55. The minimum atomic E-state index is -0.707. The van der Waals surface area contributed by atoms with E-state index in [-0.39, 0.29) is 12.0 Å². The molecule has 0 radical (unpaired) electrons. The number of likely N-dealkylation sites (tertiary alicyclic amines) is 1. The Hall–Kier alpha value is -1.85. The molecule has 2 atom stereocenters. The lowest BCUT2D eigenvalue weighted by Gasteiger charge is -2.38. The minimum absolute atomic E-state index is 0.0360. The fourth-order valence-corrected chi connectivity index (χ4v) is 4.27. The van der Waals surface area contributed by atoms with Gasteiger partial charge >= 0.3 is 5.97 Å². The highest BCUT2D eigenvalue weighted by Crippen LogP contribution is 2.39. The summed E-state index contributed by atoms with van der Waals surface area (Å²) in [6.45, 7) is 6.08. The number of benzene rings is 2. The standard InChI is InChI=1S/C22H26BrNO3/c1-3-27-20-10-9-18(23)13-19(20)21(16-7-4-6-15(2)12-16)24-11-5-8-17(14-24)22(25)26/h4,6-7,9-10,12-13,17,21H,3,5,8,11,14H2,1-2H3,(H,25,26). The number of rotatable bonds is 6. The Morgan fingerprint density at radius 3 is 2.85 bits per heavy atom. The van der Waals surface area contributed by atoms with Crippen molar-refractivity contribution in [2.45, 2.75) is 32.7 Å². The number of nitrogens with zero attached hydrogens (tertiary/aromatic N) is 1. The maximum atomic E-state index is 11.6. The number of carboxylic acid groups (broad SMARTS) is 1. The zero-order chi connectivity index (χ0) is 19.4. The van der Waals surface area contributed by atoms with E-state index >= 15 is 0 Å². The van der Waals surface area contributed by atoms with Gasteiger partial charge < -0.3 is 9.84 Å². The third-order valence-corrected chi connectivity index (χ3v) is 5.58. The number of carboxylic acids is 1. The van der Waals surface area contributed by atoms with Gasteiger partial charge in [-0.3, -0.25) is 9.69 Å². The van der Waals surface area contributed by atoms with Gasteiger partial charge in [-0.1, -0.05) is 45.8 Å². The summed E-state index contributed by atoms with van der Waals surface area (Å²) in [6.07, 6.45) is 1.63. The van der Waals surface area contributed by atoms with Crippen molar-refractivity contribution < 1.29 is 14.6 Å². The van der Waals surface area contributed by atoms with Crippen LogP contribution in [0, 0.1) is 12.8 Å². The number of carbonyl (C=O) groups is 1. The summed E-state index contributed by atoms with van der Waals surface area (Å²) in [4.78, 5) is 13.9. The number of halogens is 1. The zero-order valence-electron chi connectivity index (χ0n) is 15.8. The van der Waals surface area contributed by atoms with Gasteiger partial charge in [0, 0.05) is 16.6 Å². The molecule has 1 fully saturated rings. The first-order chi connectivity index (χ1) is 13.0. The summed E-state index contributed by atoms with van der Waals surface area (Å²) in [5.74, 6) is -0.180. The van der Waals surface area contributed by atoms with Crippen molar-refractivity contribution in [3.05, 3.63) is 63.6 Å². The van der Waals surface area contributed by atoms with Crippen molar-refractivity contribution >= 4 is 21.9 Å². The third-order valence-electron chi connectivity index (χ3n) is 5.09. The first-order valence-corrected chi connectivity index (χ1v) is 10.2. The predicted octanol–water partition coefficient (Wildman–Crippen LogP) is 5.04. The minimum Gasteiger partial charge on any atom is -0.494 e. The van der Waals surface area contributed by atoms with Crippen LogP contribution in [0.2, 0.25) is 0 Å². The molecule has 0 spiro atoms. The molecule has 0 aliphatic carbocycles. The normalized spacial score (nSPS) is 18.9. The molecule has 1 heterocycles. The molecule has 1 aliphatic rings. The Labute approximate surface area is 169 Å². The molecule has 4 nitrogen and oxygen atoms in total. The van der Waals surface area contributed by atoms with E-state index < -0.39 is 5.97 Å². The number of hydrogen-bond acceptors (Lipinski definition) is 3. The summed E-state index contributed by atoms with van der Waals surface area (Å²) in [6, 6.07) is 14.5. The summed E-state index contributed by atoms with van der Waals surface area (Å²) < 4.78 is 6.92. The van der Waals surface area contributed by atoms with Crippen LogP contribution in [-0.4, -0.2) is 35.7 Å². The molecular weight excluding hydrogens is 406 g/mol. The van der Waals surface area contributed by atoms with E-state index in [1.54, 1.807) is 0 Å². The quantitative estimate of drug-likeness (QED) is 0.695. The van der Waals surface area contributed by atoms with Crippen LogP contribution in [-0.2, 0) is 4.79 Å². The third kappa shape index (κ3) is 4.71. The average Bonchev–Trinajstić information content (AvgIpc) is 2.64. The van der Waals surface area contributed by atoms with Crippen molar-refractivity contribution in [3.63, 3.8) is 0 Å². The second-order valence-electron chi connectivity index (χ2n) is 7.10. The largest absolute Gasteiger partial charge is 0.494 e. The van der Waals surface area contributed by atoms with Gasteiger partial charge in [-0.05, 0) is 57.0 Å². The van der Waals surface area contributed by atoms with Crippen LogP contribution in [0.5, 0.6) is 5.75 Å². The van der Waals surface area contributed by atoms with Crippen molar-refractivity contribution in [1.29, 1.82) is 0 Å². The van der Waals surface area contributed by atoms with Gasteiger partial charge in [0.2, 0.25) is 0 Å². The van der Waals surface area contributed by atoms with Gasteiger partial charge in [-0.2, -0.15) is 0 Å². The Balaban J connectivity index is 2.08. The van der Waals surface area contributed by atoms with Crippen molar-refractivity contribution in [3.8, 4) is 5.75 Å². The fourth-order valence-electron chi connectivity index (χ4n) is 3.89. The molecule has 27 heavy (non-hydrogen) atoms. The predicted molar refractivity (Wildman–Crippen MR) is 110 cm³/mol. The molecule has 1 saturated heterocycles. The van der Waals surface area contributed by atoms with E-state index in [0.29, 0.717) is 13.2 Å².